The number of nitrogens with one attached hydrogen (secondary N) is 1. The Kier molecular flexibility index (Phi) is 4.22. The third-order valence-electron chi connectivity index (χ3n) is 2.75. The van der Waals surface area contributed by atoms with Crippen molar-refractivity contribution in [2.75, 3.05) is 0 Å². The first kappa shape index (κ1) is 13.2. The van der Waals surface area contributed by atoms with Gasteiger partial charge >= 0.3 is 0 Å². The van der Waals surface area contributed by atoms with Gasteiger partial charge in [-0.3, -0.25) is 5.32 Å². The SMILES string of the molecule is N#CC(NCc1ccccc1)c1cc(F)ccc1F. The van der Waals surface area contributed by atoms with Crippen LogP contribution in [-0.2, 0) is 6.54 Å². The third kappa shape index (κ3) is 3.36. The van der Waals surface area contributed by atoms with Crippen LogP contribution >= 0.6 is 0 Å². The molecule has 0 saturated carbocycles. The van der Waals surface area contributed by atoms with Crippen LogP contribution in [0.15, 0.2) is 48.5 Å². The molecule has 2 aromatic rings. The van der Waals surface area contributed by atoms with Crippen molar-refractivity contribution in [2.24, 2.45) is 0 Å². The molecule has 0 fully saturated rings. The zero-order valence-electron chi connectivity index (χ0n) is 10.1. The van der Waals surface area contributed by atoms with Crippen molar-refractivity contribution in [3.63, 3.8) is 0 Å². The molecule has 0 bridgehead atoms. The number of hydrogen-bond acceptors (Lipinski definition) is 2. The predicted molar refractivity (Wildman–Crippen MR) is 68.0 cm³/mol. The van der Waals surface area contributed by atoms with Crippen molar-refractivity contribution in [1.29, 1.82) is 5.26 Å². The van der Waals surface area contributed by atoms with E-state index >= 15 is 0 Å². The Labute approximate surface area is 110 Å². The van der Waals surface area contributed by atoms with Crippen LogP contribution in [0.25, 0.3) is 0 Å². The summed E-state index contributed by atoms with van der Waals surface area (Å²) in [6, 6.07) is 13.6. The minimum atomic E-state index is -0.879. The molecule has 0 aliphatic carbocycles. The van der Waals surface area contributed by atoms with Crippen LogP contribution < -0.4 is 5.32 Å². The van der Waals surface area contributed by atoms with Crippen LogP contribution in [0.1, 0.15) is 17.2 Å². The fourth-order valence-corrected chi connectivity index (χ4v) is 1.78. The van der Waals surface area contributed by atoms with Crippen LogP contribution in [0.3, 0.4) is 0 Å². The summed E-state index contributed by atoms with van der Waals surface area (Å²) in [6.07, 6.45) is 0. The monoisotopic (exact) mass is 258 g/mol. The maximum Gasteiger partial charge on any atom is 0.129 e. The van der Waals surface area contributed by atoms with Gasteiger partial charge < -0.3 is 0 Å². The van der Waals surface area contributed by atoms with Crippen molar-refractivity contribution in [1.82, 2.24) is 5.32 Å². The van der Waals surface area contributed by atoms with Crippen molar-refractivity contribution >= 4 is 0 Å². The fraction of sp³-hybridized carbons (Fsp3) is 0.133. The molecule has 19 heavy (non-hydrogen) atoms. The Hall–Kier alpha value is -2.25. The summed E-state index contributed by atoms with van der Waals surface area (Å²) in [6.45, 7) is 0.412. The molecule has 2 aromatic carbocycles. The van der Waals surface area contributed by atoms with Crippen molar-refractivity contribution in [2.45, 2.75) is 12.6 Å². The van der Waals surface area contributed by atoms with E-state index in [-0.39, 0.29) is 5.56 Å². The van der Waals surface area contributed by atoms with Crippen LogP contribution in [0.5, 0.6) is 0 Å². The van der Waals surface area contributed by atoms with Crippen LogP contribution in [0.4, 0.5) is 8.78 Å². The first-order valence-electron chi connectivity index (χ1n) is 5.82. The Morgan fingerprint density at radius 1 is 1.11 bits per heavy atom. The highest BCUT2D eigenvalue weighted by atomic mass is 19.1. The van der Waals surface area contributed by atoms with Gasteiger partial charge in [-0.15, -0.1) is 0 Å². The summed E-state index contributed by atoms with van der Waals surface area (Å²) in [5, 5.41) is 12.0. The highest BCUT2D eigenvalue weighted by molar-refractivity contribution is 5.27. The van der Waals surface area contributed by atoms with E-state index < -0.39 is 17.7 Å². The van der Waals surface area contributed by atoms with Gasteiger partial charge in [0.05, 0.1) is 6.07 Å². The summed E-state index contributed by atoms with van der Waals surface area (Å²) in [5.74, 6) is -1.15. The van der Waals surface area contributed by atoms with Gasteiger partial charge in [-0.05, 0) is 23.8 Å². The van der Waals surface area contributed by atoms with E-state index in [9.17, 15) is 8.78 Å². The lowest BCUT2D eigenvalue weighted by atomic mass is 10.1. The Bertz CT molecular complexity index is 591. The zero-order chi connectivity index (χ0) is 13.7. The second-order valence-electron chi connectivity index (χ2n) is 4.09. The van der Waals surface area contributed by atoms with E-state index in [0.29, 0.717) is 6.54 Å². The fourth-order valence-electron chi connectivity index (χ4n) is 1.78. The van der Waals surface area contributed by atoms with E-state index in [0.717, 1.165) is 23.8 Å². The first-order chi connectivity index (χ1) is 9.20. The molecule has 0 amide bonds. The van der Waals surface area contributed by atoms with Gasteiger partial charge in [0.15, 0.2) is 0 Å². The van der Waals surface area contributed by atoms with Crippen molar-refractivity contribution < 1.29 is 8.78 Å². The van der Waals surface area contributed by atoms with E-state index in [1.54, 1.807) is 0 Å². The van der Waals surface area contributed by atoms with Gasteiger partial charge in [0.25, 0.3) is 0 Å². The Morgan fingerprint density at radius 2 is 1.84 bits per heavy atom. The molecule has 1 N–H and O–H groups in total. The van der Waals surface area contributed by atoms with Gasteiger partial charge in [-0.2, -0.15) is 5.26 Å². The molecule has 0 aliphatic heterocycles. The summed E-state index contributed by atoms with van der Waals surface area (Å²) >= 11 is 0. The number of hydrogen-bond donors (Lipinski definition) is 1. The van der Waals surface area contributed by atoms with Crippen molar-refractivity contribution in [3.8, 4) is 6.07 Å². The molecule has 0 aromatic heterocycles. The first-order valence-corrected chi connectivity index (χ1v) is 5.82. The third-order valence-corrected chi connectivity index (χ3v) is 2.75. The quantitative estimate of drug-likeness (QED) is 0.913. The Balaban J connectivity index is 2.13. The van der Waals surface area contributed by atoms with Crippen LogP contribution in [0.2, 0.25) is 0 Å². The van der Waals surface area contributed by atoms with Gasteiger partial charge in [0.1, 0.15) is 17.7 Å². The molecule has 0 saturated heterocycles. The molecular weight excluding hydrogens is 246 g/mol. The van der Waals surface area contributed by atoms with E-state index in [1.165, 1.54) is 0 Å². The normalized spacial score (nSPS) is 11.8. The standard InChI is InChI=1S/C15H12F2N2/c16-12-6-7-14(17)13(8-12)15(9-18)19-10-11-4-2-1-3-5-11/h1-8,15,19H,10H2. The van der Waals surface area contributed by atoms with Crippen LogP contribution in [0, 0.1) is 23.0 Å². The molecule has 96 valence electrons. The molecule has 0 spiro atoms. The minimum Gasteiger partial charge on any atom is -0.294 e. The molecule has 0 aliphatic rings. The summed E-state index contributed by atoms with van der Waals surface area (Å²) in [5.41, 5.74) is 0.998. The van der Waals surface area contributed by atoms with Gasteiger partial charge in [-0.1, -0.05) is 30.3 Å². The minimum absolute atomic E-state index is 0.0263. The largest absolute Gasteiger partial charge is 0.294 e. The molecule has 2 nitrogen and oxygen atoms in total. The zero-order valence-corrected chi connectivity index (χ0v) is 10.1. The average molecular weight is 258 g/mol. The second kappa shape index (κ2) is 6.07. The smallest absolute Gasteiger partial charge is 0.129 e. The predicted octanol–water partition coefficient (Wildman–Crippen LogP) is 3.32. The van der Waals surface area contributed by atoms with Crippen molar-refractivity contribution in [3.05, 3.63) is 71.3 Å². The number of benzene rings is 2. The second-order valence-corrected chi connectivity index (χ2v) is 4.09. The Morgan fingerprint density at radius 3 is 2.53 bits per heavy atom. The lowest BCUT2D eigenvalue weighted by Gasteiger charge is -2.12. The van der Waals surface area contributed by atoms with E-state index in [1.807, 2.05) is 36.4 Å². The number of nitriles is 1. The molecule has 1 unspecified atom stereocenters. The molecule has 2 rings (SSSR count). The molecule has 4 heteroatoms. The highest BCUT2D eigenvalue weighted by Crippen LogP contribution is 2.18. The highest BCUT2D eigenvalue weighted by Gasteiger charge is 2.15. The summed E-state index contributed by atoms with van der Waals surface area (Å²) in [4.78, 5) is 0. The summed E-state index contributed by atoms with van der Waals surface area (Å²) in [7, 11) is 0. The molecule has 0 heterocycles. The molecule has 1 atom stereocenters. The summed E-state index contributed by atoms with van der Waals surface area (Å²) < 4.78 is 26.7. The van der Waals surface area contributed by atoms with E-state index in [2.05, 4.69) is 5.32 Å². The molecular formula is C15H12F2N2. The lowest BCUT2D eigenvalue weighted by molar-refractivity contribution is 0.547. The van der Waals surface area contributed by atoms with Gasteiger partial charge in [0, 0.05) is 12.1 Å². The average Bonchev–Trinajstić information content (AvgIpc) is 2.44. The lowest BCUT2D eigenvalue weighted by Crippen LogP contribution is -2.20. The molecule has 0 radical (unpaired) electrons. The maximum absolute atomic E-state index is 13.6. The van der Waals surface area contributed by atoms with Crippen LogP contribution in [-0.4, -0.2) is 0 Å². The number of nitrogens with zero attached hydrogens (tertiary/aromatic N) is 1. The number of halogens is 2. The maximum atomic E-state index is 13.6. The topological polar surface area (TPSA) is 35.8 Å². The van der Waals surface area contributed by atoms with Gasteiger partial charge in [0.2, 0.25) is 0 Å². The van der Waals surface area contributed by atoms with E-state index in [4.69, 9.17) is 5.26 Å². The number of rotatable bonds is 4. The van der Waals surface area contributed by atoms with Gasteiger partial charge in [-0.25, -0.2) is 8.78 Å².